The van der Waals surface area contributed by atoms with Gasteiger partial charge in [0.2, 0.25) is 5.88 Å². The molecule has 0 fully saturated rings. The summed E-state index contributed by atoms with van der Waals surface area (Å²) in [6.07, 6.45) is 3.48. The third-order valence-electron chi connectivity index (χ3n) is 2.59. The fraction of sp³-hybridized carbons (Fsp3) is 0.714. The molecule has 0 aliphatic rings. The highest BCUT2D eigenvalue weighted by molar-refractivity contribution is 5.38. The Hall–Kier alpha value is -1.32. The number of ether oxygens (including phenoxy) is 1. The monoisotopic (exact) mass is 251 g/mol. The second-order valence-electron chi connectivity index (χ2n) is 4.69. The first-order valence-corrected chi connectivity index (χ1v) is 6.93. The molecule has 0 bridgehead atoms. The average Bonchev–Trinajstić information content (AvgIpc) is 2.35. The van der Waals surface area contributed by atoms with E-state index in [1.165, 1.54) is 12.8 Å². The van der Waals surface area contributed by atoms with Crippen molar-refractivity contribution >= 4 is 5.82 Å². The SMILES string of the molecule is CCCCCOc1cc(NCC)nc(C(C)C)n1. The Morgan fingerprint density at radius 1 is 1.22 bits per heavy atom. The second kappa shape index (κ2) is 7.90. The largest absolute Gasteiger partial charge is 0.478 e. The molecule has 1 heterocycles. The quantitative estimate of drug-likeness (QED) is 0.717. The molecule has 1 aromatic heterocycles. The maximum absolute atomic E-state index is 5.69. The molecule has 0 radical (unpaired) electrons. The first kappa shape index (κ1) is 14.7. The zero-order chi connectivity index (χ0) is 13.4. The molecule has 0 aliphatic carbocycles. The highest BCUT2D eigenvalue weighted by Crippen LogP contribution is 2.18. The Morgan fingerprint density at radius 2 is 2.00 bits per heavy atom. The van der Waals surface area contributed by atoms with E-state index < -0.39 is 0 Å². The number of rotatable bonds is 8. The number of aromatic nitrogens is 2. The summed E-state index contributed by atoms with van der Waals surface area (Å²) >= 11 is 0. The van der Waals surface area contributed by atoms with Gasteiger partial charge >= 0.3 is 0 Å². The van der Waals surface area contributed by atoms with Gasteiger partial charge in [-0.15, -0.1) is 0 Å². The van der Waals surface area contributed by atoms with Crippen LogP contribution in [-0.4, -0.2) is 23.1 Å². The lowest BCUT2D eigenvalue weighted by Gasteiger charge is -2.11. The van der Waals surface area contributed by atoms with E-state index in [-0.39, 0.29) is 0 Å². The lowest BCUT2D eigenvalue weighted by molar-refractivity contribution is 0.293. The molecule has 4 nitrogen and oxygen atoms in total. The van der Waals surface area contributed by atoms with Crippen molar-refractivity contribution in [2.24, 2.45) is 0 Å². The van der Waals surface area contributed by atoms with E-state index in [0.717, 1.165) is 31.2 Å². The first-order valence-electron chi connectivity index (χ1n) is 6.93. The molecule has 1 rings (SSSR count). The molecular formula is C14H25N3O. The fourth-order valence-electron chi connectivity index (χ4n) is 1.58. The second-order valence-corrected chi connectivity index (χ2v) is 4.69. The third kappa shape index (κ3) is 4.90. The van der Waals surface area contributed by atoms with Crippen LogP contribution in [0.5, 0.6) is 5.88 Å². The molecule has 1 aromatic rings. The molecule has 0 amide bonds. The summed E-state index contributed by atoms with van der Waals surface area (Å²) in [5.74, 6) is 2.67. The van der Waals surface area contributed by atoms with Crippen LogP contribution in [0.25, 0.3) is 0 Å². The van der Waals surface area contributed by atoms with Crippen molar-refractivity contribution in [2.75, 3.05) is 18.5 Å². The molecule has 18 heavy (non-hydrogen) atoms. The number of nitrogens with one attached hydrogen (secondary N) is 1. The predicted octanol–water partition coefficient (Wildman–Crippen LogP) is 3.60. The summed E-state index contributed by atoms with van der Waals surface area (Å²) < 4.78 is 5.69. The maximum Gasteiger partial charge on any atom is 0.218 e. The van der Waals surface area contributed by atoms with Gasteiger partial charge in [0.15, 0.2) is 0 Å². The Balaban J connectivity index is 2.69. The van der Waals surface area contributed by atoms with Gasteiger partial charge in [-0.1, -0.05) is 33.6 Å². The van der Waals surface area contributed by atoms with Crippen LogP contribution in [0.3, 0.4) is 0 Å². The maximum atomic E-state index is 5.69. The van der Waals surface area contributed by atoms with Crippen LogP contribution >= 0.6 is 0 Å². The normalized spacial score (nSPS) is 10.7. The van der Waals surface area contributed by atoms with E-state index in [0.29, 0.717) is 11.8 Å². The first-order chi connectivity index (χ1) is 8.67. The van der Waals surface area contributed by atoms with Crippen molar-refractivity contribution in [1.82, 2.24) is 9.97 Å². The van der Waals surface area contributed by atoms with E-state index in [1.54, 1.807) is 0 Å². The zero-order valence-corrected chi connectivity index (χ0v) is 12.0. The average molecular weight is 251 g/mol. The number of hydrogen-bond acceptors (Lipinski definition) is 4. The van der Waals surface area contributed by atoms with Crippen LogP contribution in [0, 0.1) is 0 Å². The summed E-state index contributed by atoms with van der Waals surface area (Å²) in [7, 11) is 0. The summed E-state index contributed by atoms with van der Waals surface area (Å²) in [6.45, 7) is 10.00. The van der Waals surface area contributed by atoms with E-state index in [9.17, 15) is 0 Å². The molecule has 0 aliphatic heterocycles. The molecular weight excluding hydrogens is 226 g/mol. The van der Waals surface area contributed by atoms with Crippen LogP contribution in [0.2, 0.25) is 0 Å². The zero-order valence-electron chi connectivity index (χ0n) is 12.0. The third-order valence-corrected chi connectivity index (χ3v) is 2.59. The minimum atomic E-state index is 0.307. The van der Waals surface area contributed by atoms with E-state index in [2.05, 4.69) is 43.0 Å². The van der Waals surface area contributed by atoms with Crippen LogP contribution in [0.15, 0.2) is 6.07 Å². The number of hydrogen-bond donors (Lipinski definition) is 1. The Morgan fingerprint density at radius 3 is 2.61 bits per heavy atom. The van der Waals surface area contributed by atoms with Crippen molar-refractivity contribution in [3.8, 4) is 5.88 Å². The van der Waals surface area contributed by atoms with Gasteiger partial charge in [0.05, 0.1) is 6.61 Å². The summed E-state index contributed by atoms with van der Waals surface area (Å²) in [5, 5.41) is 3.21. The van der Waals surface area contributed by atoms with Crippen molar-refractivity contribution in [1.29, 1.82) is 0 Å². The lowest BCUT2D eigenvalue weighted by atomic mass is 10.2. The van der Waals surface area contributed by atoms with Gasteiger partial charge in [-0.3, -0.25) is 0 Å². The highest BCUT2D eigenvalue weighted by atomic mass is 16.5. The molecule has 0 aromatic carbocycles. The van der Waals surface area contributed by atoms with Crippen molar-refractivity contribution < 1.29 is 4.74 Å². The standard InChI is InChI=1S/C14H25N3O/c1-5-7-8-9-18-13-10-12(15-6-2)16-14(17-13)11(3)4/h10-11H,5-9H2,1-4H3,(H,15,16,17). The van der Waals surface area contributed by atoms with Gasteiger partial charge in [0, 0.05) is 18.5 Å². The number of nitrogens with zero attached hydrogens (tertiary/aromatic N) is 2. The Bertz CT molecular complexity index is 353. The number of anilines is 1. The summed E-state index contributed by atoms with van der Waals surface area (Å²) in [4.78, 5) is 8.90. The summed E-state index contributed by atoms with van der Waals surface area (Å²) in [6, 6.07) is 1.88. The van der Waals surface area contributed by atoms with Gasteiger partial charge in [-0.05, 0) is 13.3 Å². The number of unbranched alkanes of at least 4 members (excludes halogenated alkanes) is 2. The van der Waals surface area contributed by atoms with Gasteiger partial charge in [0.25, 0.3) is 0 Å². The molecule has 0 saturated heterocycles. The van der Waals surface area contributed by atoms with Gasteiger partial charge < -0.3 is 10.1 Å². The molecule has 4 heteroatoms. The topological polar surface area (TPSA) is 47.0 Å². The fourth-order valence-corrected chi connectivity index (χ4v) is 1.58. The van der Waals surface area contributed by atoms with E-state index >= 15 is 0 Å². The highest BCUT2D eigenvalue weighted by Gasteiger charge is 2.08. The molecule has 0 atom stereocenters. The molecule has 1 N–H and O–H groups in total. The van der Waals surface area contributed by atoms with Gasteiger partial charge in [-0.2, -0.15) is 4.98 Å². The Labute approximate surface area is 110 Å². The molecule has 0 spiro atoms. The van der Waals surface area contributed by atoms with Crippen LogP contribution in [0.4, 0.5) is 5.82 Å². The molecule has 102 valence electrons. The van der Waals surface area contributed by atoms with Crippen LogP contribution < -0.4 is 10.1 Å². The van der Waals surface area contributed by atoms with E-state index in [4.69, 9.17) is 4.74 Å². The van der Waals surface area contributed by atoms with E-state index in [1.807, 2.05) is 6.07 Å². The molecule has 0 unspecified atom stereocenters. The minimum absolute atomic E-state index is 0.307. The Kier molecular flexibility index (Phi) is 6.47. The van der Waals surface area contributed by atoms with Crippen molar-refractivity contribution in [3.63, 3.8) is 0 Å². The van der Waals surface area contributed by atoms with Crippen LogP contribution in [0.1, 0.15) is 58.7 Å². The van der Waals surface area contributed by atoms with Crippen molar-refractivity contribution in [3.05, 3.63) is 11.9 Å². The summed E-state index contributed by atoms with van der Waals surface area (Å²) in [5.41, 5.74) is 0. The van der Waals surface area contributed by atoms with Crippen molar-refractivity contribution in [2.45, 2.75) is 52.9 Å². The predicted molar refractivity (Wildman–Crippen MR) is 75.3 cm³/mol. The lowest BCUT2D eigenvalue weighted by Crippen LogP contribution is -2.07. The molecule has 0 saturated carbocycles. The minimum Gasteiger partial charge on any atom is -0.478 e. The smallest absolute Gasteiger partial charge is 0.218 e. The van der Waals surface area contributed by atoms with Gasteiger partial charge in [-0.25, -0.2) is 4.98 Å². The van der Waals surface area contributed by atoms with Crippen LogP contribution in [-0.2, 0) is 0 Å². The van der Waals surface area contributed by atoms with Gasteiger partial charge in [0.1, 0.15) is 11.6 Å².